The number of likely N-dealkylation sites (N-methyl/N-ethyl adjacent to an activating group) is 1. The number of carbonyl (C=O) groups is 1. The highest BCUT2D eigenvalue weighted by molar-refractivity contribution is 5.98. The molecule has 15 heavy (non-hydrogen) atoms. The lowest BCUT2D eigenvalue weighted by Crippen LogP contribution is -2.21. The fourth-order valence-electron chi connectivity index (χ4n) is 1.23. The number of carbonyl (C=O) groups excluding carboxylic acids is 1. The van der Waals surface area contributed by atoms with Crippen molar-refractivity contribution in [2.24, 2.45) is 0 Å². The van der Waals surface area contributed by atoms with Crippen LogP contribution in [-0.4, -0.2) is 43.5 Å². The highest BCUT2D eigenvalue weighted by Gasteiger charge is 2.10. The summed E-state index contributed by atoms with van der Waals surface area (Å²) in [5.74, 6) is 0.358. The molecule has 0 saturated carbocycles. The predicted octanol–water partition coefficient (Wildman–Crippen LogP) is 1.15. The Labute approximate surface area is 89.1 Å². The van der Waals surface area contributed by atoms with Gasteiger partial charge in [-0.25, -0.2) is 0 Å². The fraction of sp³-hybridized carbons (Fsp3) is 0.364. The van der Waals surface area contributed by atoms with Crippen LogP contribution in [0, 0.1) is 0 Å². The molecule has 1 N–H and O–H groups in total. The zero-order chi connectivity index (χ0) is 11.4. The molecule has 0 aliphatic heterocycles. The summed E-state index contributed by atoms with van der Waals surface area (Å²) in [7, 11) is 5.11. The summed E-state index contributed by atoms with van der Waals surface area (Å²) in [6.45, 7) is 0.341. The number of rotatable bonds is 4. The second-order valence-corrected chi connectivity index (χ2v) is 3.55. The topological polar surface area (TPSA) is 49.8 Å². The molecule has 1 aromatic carbocycles. The molecule has 0 spiro atoms. The van der Waals surface area contributed by atoms with Gasteiger partial charge in [0.1, 0.15) is 0 Å². The van der Waals surface area contributed by atoms with E-state index in [1.165, 1.54) is 13.2 Å². The lowest BCUT2D eigenvalue weighted by molar-refractivity contribution is 0.0957. The molecular formula is C11H15NO3. The average Bonchev–Trinajstić information content (AvgIpc) is 2.17. The van der Waals surface area contributed by atoms with E-state index in [0.717, 1.165) is 0 Å². The average molecular weight is 209 g/mol. The number of hydrogen-bond acceptors (Lipinski definition) is 4. The van der Waals surface area contributed by atoms with Gasteiger partial charge in [-0.05, 0) is 32.3 Å². The van der Waals surface area contributed by atoms with Gasteiger partial charge in [-0.1, -0.05) is 0 Å². The highest BCUT2D eigenvalue weighted by Crippen LogP contribution is 2.26. The Bertz CT molecular complexity index is 361. The van der Waals surface area contributed by atoms with Crippen molar-refractivity contribution in [1.82, 2.24) is 4.90 Å². The van der Waals surface area contributed by atoms with Crippen LogP contribution >= 0.6 is 0 Å². The molecular weight excluding hydrogens is 194 g/mol. The highest BCUT2D eigenvalue weighted by atomic mass is 16.5. The van der Waals surface area contributed by atoms with Gasteiger partial charge >= 0.3 is 0 Å². The van der Waals surface area contributed by atoms with Crippen molar-refractivity contribution in [3.8, 4) is 11.5 Å². The fourth-order valence-corrected chi connectivity index (χ4v) is 1.23. The largest absolute Gasteiger partial charge is 0.504 e. The first kappa shape index (κ1) is 11.5. The van der Waals surface area contributed by atoms with Crippen molar-refractivity contribution in [3.05, 3.63) is 23.8 Å². The van der Waals surface area contributed by atoms with Crippen molar-refractivity contribution in [1.29, 1.82) is 0 Å². The number of phenols is 1. The van der Waals surface area contributed by atoms with Gasteiger partial charge < -0.3 is 14.7 Å². The number of ether oxygens (including phenoxy) is 1. The maximum Gasteiger partial charge on any atom is 0.176 e. The quantitative estimate of drug-likeness (QED) is 0.756. The maximum absolute atomic E-state index is 11.7. The lowest BCUT2D eigenvalue weighted by Gasteiger charge is -2.09. The van der Waals surface area contributed by atoms with Gasteiger partial charge in [0, 0.05) is 5.56 Å². The van der Waals surface area contributed by atoms with Crippen LogP contribution in [0.4, 0.5) is 0 Å². The molecule has 0 aromatic heterocycles. The molecule has 0 amide bonds. The van der Waals surface area contributed by atoms with Crippen LogP contribution in [0.3, 0.4) is 0 Å². The van der Waals surface area contributed by atoms with Crippen LogP contribution in [0.1, 0.15) is 10.4 Å². The van der Waals surface area contributed by atoms with E-state index >= 15 is 0 Å². The van der Waals surface area contributed by atoms with E-state index in [2.05, 4.69) is 0 Å². The molecule has 0 fully saturated rings. The third-order valence-corrected chi connectivity index (χ3v) is 1.96. The third kappa shape index (κ3) is 2.95. The number of ketones is 1. The molecule has 0 atom stereocenters. The Kier molecular flexibility index (Phi) is 3.68. The predicted molar refractivity (Wildman–Crippen MR) is 57.5 cm³/mol. The first-order valence-corrected chi connectivity index (χ1v) is 4.59. The van der Waals surface area contributed by atoms with E-state index < -0.39 is 0 Å². The number of nitrogens with zero attached hydrogens (tertiary/aromatic N) is 1. The molecule has 0 saturated heterocycles. The zero-order valence-electron chi connectivity index (χ0n) is 9.15. The van der Waals surface area contributed by atoms with Gasteiger partial charge in [-0.3, -0.25) is 4.79 Å². The summed E-state index contributed by atoms with van der Waals surface area (Å²) in [4.78, 5) is 13.4. The van der Waals surface area contributed by atoms with Crippen LogP contribution in [0.5, 0.6) is 11.5 Å². The van der Waals surface area contributed by atoms with Gasteiger partial charge in [0.05, 0.1) is 13.7 Å². The van der Waals surface area contributed by atoms with Crippen molar-refractivity contribution < 1.29 is 14.6 Å². The Hall–Kier alpha value is -1.55. The minimum absolute atomic E-state index is 0.00157. The summed E-state index contributed by atoms with van der Waals surface area (Å²) in [5, 5.41) is 9.35. The number of phenolic OH excluding ortho intramolecular Hbond substituents is 1. The molecule has 0 radical (unpaired) electrons. The molecule has 4 nitrogen and oxygen atoms in total. The summed E-state index contributed by atoms with van der Waals surface area (Å²) in [6, 6.07) is 4.59. The van der Waals surface area contributed by atoms with Gasteiger partial charge in [0.15, 0.2) is 17.3 Å². The van der Waals surface area contributed by atoms with Crippen LogP contribution in [0.2, 0.25) is 0 Å². The van der Waals surface area contributed by atoms with Crippen LogP contribution in [0.25, 0.3) is 0 Å². The maximum atomic E-state index is 11.7. The number of aromatic hydroxyl groups is 1. The summed E-state index contributed by atoms with van der Waals surface area (Å²) in [5.41, 5.74) is 0.540. The number of Topliss-reactive ketones (excluding diaryl/α,β-unsaturated/α-hetero) is 1. The lowest BCUT2D eigenvalue weighted by atomic mass is 10.1. The zero-order valence-corrected chi connectivity index (χ0v) is 9.15. The Balaban J connectivity index is 2.91. The van der Waals surface area contributed by atoms with Crippen LogP contribution < -0.4 is 4.74 Å². The molecule has 1 aromatic rings. The second-order valence-electron chi connectivity index (χ2n) is 3.55. The van der Waals surface area contributed by atoms with E-state index in [-0.39, 0.29) is 11.5 Å². The summed E-state index contributed by atoms with van der Waals surface area (Å²) >= 11 is 0. The number of hydrogen-bond donors (Lipinski definition) is 1. The Morgan fingerprint density at radius 1 is 1.47 bits per heavy atom. The minimum Gasteiger partial charge on any atom is -0.504 e. The summed E-state index contributed by atoms with van der Waals surface area (Å²) < 4.78 is 4.92. The number of methoxy groups -OCH3 is 1. The summed E-state index contributed by atoms with van der Waals surface area (Å²) in [6.07, 6.45) is 0. The van der Waals surface area contributed by atoms with E-state index in [0.29, 0.717) is 17.9 Å². The van der Waals surface area contributed by atoms with Crippen LogP contribution in [-0.2, 0) is 0 Å². The van der Waals surface area contributed by atoms with E-state index in [4.69, 9.17) is 4.74 Å². The minimum atomic E-state index is -0.00157. The van der Waals surface area contributed by atoms with Crippen molar-refractivity contribution in [2.75, 3.05) is 27.7 Å². The normalized spacial score (nSPS) is 10.4. The third-order valence-electron chi connectivity index (χ3n) is 1.96. The molecule has 0 heterocycles. The molecule has 0 aliphatic carbocycles. The van der Waals surface area contributed by atoms with Gasteiger partial charge in [-0.15, -0.1) is 0 Å². The molecule has 0 bridgehead atoms. The first-order valence-electron chi connectivity index (χ1n) is 4.59. The van der Waals surface area contributed by atoms with E-state index in [1.54, 1.807) is 17.0 Å². The standard InChI is InChI=1S/C11H15NO3/c1-12(2)7-10(14)8-4-5-9(13)11(6-8)15-3/h4-6,13H,7H2,1-3H3. The molecule has 1 rings (SSSR count). The van der Waals surface area contributed by atoms with E-state index in [9.17, 15) is 9.90 Å². The molecule has 4 heteroatoms. The Morgan fingerprint density at radius 3 is 2.67 bits per heavy atom. The molecule has 82 valence electrons. The van der Waals surface area contributed by atoms with Gasteiger partial charge in [0.2, 0.25) is 0 Å². The second kappa shape index (κ2) is 4.79. The SMILES string of the molecule is COc1cc(C(=O)CN(C)C)ccc1O. The molecule has 0 unspecified atom stereocenters. The number of benzene rings is 1. The molecule has 0 aliphatic rings. The van der Waals surface area contributed by atoms with Gasteiger partial charge in [-0.2, -0.15) is 0 Å². The van der Waals surface area contributed by atoms with Crippen molar-refractivity contribution in [2.45, 2.75) is 0 Å². The van der Waals surface area contributed by atoms with Crippen molar-refractivity contribution >= 4 is 5.78 Å². The van der Waals surface area contributed by atoms with Crippen LogP contribution in [0.15, 0.2) is 18.2 Å². The Morgan fingerprint density at radius 2 is 2.13 bits per heavy atom. The van der Waals surface area contributed by atoms with Gasteiger partial charge in [0.25, 0.3) is 0 Å². The van der Waals surface area contributed by atoms with Crippen molar-refractivity contribution in [3.63, 3.8) is 0 Å². The van der Waals surface area contributed by atoms with E-state index in [1.807, 2.05) is 14.1 Å². The smallest absolute Gasteiger partial charge is 0.176 e. The monoisotopic (exact) mass is 209 g/mol. The first-order chi connectivity index (χ1) is 7.04.